The first-order valence-corrected chi connectivity index (χ1v) is 6.36. The number of nitrogens with zero attached hydrogens (tertiary/aromatic N) is 5. The van der Waals surface area contributed by atoms with Gasteiger partial charge in [0.1, 0.15) is 17.5 Å². The first-order valence-electron chi connectivity index (χ1n) is 6.36. The highest BCUT2D eigenvalue weighted by atomic mass is 15.3. The summed E-state index contributed by atoms with van der Waals surface area (Å²) in [6.45, 7) is 5.35. The lowest BCUT2D eigenvalue weighted by Crippen LogP contribution is -2.36. The zero-order chi connectivity index (χ0) is 14.0. The third kappa shape index (κ3) is 2.93. The van der Waals surface area contributed by atoms with Gasteiger partial charge in [0.15, 0.2) is 0 Å². The summed E-state index contributed by atoms with van der Waals surface area (Å²) in [6, 6.07) is 1.97. The highest BCUT2D eigenvalue weighted by molar-refractivity contribution is 5.50. The topological polar surface area (TPSA) is 82.1 Å². The molecule has 19 heavy (non-hydrogen) atoms. The SMILES string of the molecule is CN1CC[C@](C)(CN(C)c2ncc(C#N)c(N)n2)C1. The zero-order valence-electron chi connectivity index (χ0n) is 11.7. The summed E-state index contributed by atoms with van der Waals surface area (Å²) < 4.78 is 0. The maximum Gasteiger partial charge on any atom is 0.227 e. The molecule has 0 aromatic carbocycles. The molecule has 2 N–H and O–H groups in total. The number of anilines is 2. The van der Waals surface area contributed by atoms with Crippen molar-refractivity contribution in [1.29, 1.82) is 5.26 Å². The largest absolute Gasteiger partial charge is 0.382 e. The third-order valence-corrected chi connectivity index (χ3v) is 3.64. The normalized spacial score (nSPS) is 23.3. The average molecular weight is 260 g/mol. The van der Waals surface area contributed by atoms with Crippen molar-refractivity contribution in [3.63, 3.8) is 0 Å². The zero-order valence-corrected chi connectivity index (χ0v) is 11.7. The van der Waals surface area contributed by atoms with Crippen LogP contribution in [0.5, 0.6) is 0 Å². The molecule has 0 bridgehead atoms. The van der Waals surface area contributed by atoms with Gasteiger partial charge >= 0.3 is 0 Å². The monoisotopic (exact) mass is 260 g/mol. The van der Waals surface area contributed by atoms with Gasteiger partial charge in [-0.2, -0.15) is 10.2 Å². The molecule has 2 heterocycles. The summed E-state index contributed by atoms with van der Waals surface area (Å²) in [5.74, 6) is 0.820. The fraction of sp³-hybridized carbons (Fsp3) is 0.615. The molecule has 102 valence electrons. The van der Waals surface area contributed by atoms with Crippen LogP contribution in [-0.4, -0.2) is 48.6 Å². The summed E-state index contributed by atoms with van der Waals surface area (Å²) in [5, 5.41) is 8.82. The van der Waals surface area contributed by atoms with E-state index in [0.717, 1.165) is 19.6 Å². The second-order valence-corrected chi connectivity index (χ2v) is 5.74. The number of likely N-dealkylation sites (tertiary alicyclic amines) is 1. The van der Waals surface area contributed by atoms with Gasteiger partial charge < -0.3 is 15.5 Å². The van der Waals surface area contributed by atoms with E-state index in [-0.39, 0.29) is 11.2 Å². The van der Waals surface area contributed by atoms with Gasteiger partial charge in [-0.15, -0.1) is 0 Å². The third-order valence-electron chi connectivity index (χ3n) is 3.64. The predicted molar refractivity (Wildman–Crippen MR) is 74.7 cm³/mol. The van der Waals surface area contributed by atoms with Gasteiger partial charge in [0.2, 0.25) is 5.95 Å². The van der Waals surface area contributed by atoms with Crippen LogP contribution in [0, 0.1) is 16.7 Å². The van der Waals surface area contributed by atoms with Crippen LogP contribution in [0.4, 0.5) is 11.8 Å². The molecular formula is C13H20N6. The van der Waals surface area contributed by atoms with Crippen molar-refractivity contribution in [3.05, 3.63) is 11.8 Å². The minimum absolute atomic E-state index is 0.244. The Labute approximate surface area is 113 Å². The van der Waals surface area contributed by atoms with Crippen LogP contribution >= 0.6 is 0 Å². The minimum atomic E-state index is 0.244. The number of nitriles is 1. The number of hydrogen-bond acceptors (Lipinski definition) is 6. The highest BCUT2D eigenvalue weighted by Crippen LogP contribution is 2.30. The maximum absolute atomic E-state index is 8.82. The summed E-state index contributed by atoms with van der Waals surface area (Å²) in [7, 11) is 4.10. The van der Waals surface area contributed by atoms with E-state index in [0.29, 0.717) is 11.5 Å². The molecular weight excluding hydrogens is 240 g/mol. The fourth-order valence-electron chi connectivity index (χ4n) is 2.70. The second kappa shape index (κ2) is 5.02. The Morgan fingerprint density at radius 2 is 2.37 bits per heavy atom. The minimum Gasteiger partial charge on any atom is -0.382 e. The van der Waals surface area contributed by atoms with Gasteiger partial charge in [0.25, 0.3) is 0 Å². The molecule has 0 radical (unpaired) electrons. The quantitative estimate of drug-likeness (QED) is 0.862. The number of rotatable bonds is 3. The van der Waals surface area contributed by atoms with E-state index in [1.54, 1.807) is 0 Å². The predicted octanol–water partition coefficient (Wildman–Crippen LogP) is 0.708. The second-order valence-electron chi connectivity index (χ2n) is 5.74. The van der Waals surface area contributed by atoms with E-state index in [2.05, 4.69) is 28.8 Å². The summed E-state index contributed by atoms with van der Waals surface area (Å²) >= 11 is 0. The molecule has 2 rings (SSSR count). The van der Waals surface area contributed by atoms with E-state index < -0.39 is 0 Å². The van der Waals surface area contributed by atoms with E-state index in [4.69, 9.17) is 11.0 Å². The van der Waals surface area contributed by atoms with Crippen molar-refractivity contribution in [3.8, 4) is 6.07 Å². The van der Waals surface area contributed by atoms with E-state index in [1.165, 1.54) is 12.6 Å². The molecule has 1 fully saturated rings. The van der Waals surface area contributed by atoms with E-state index in [9.17, 15) is 0 Å². The molecule has 1 aromatic heterocycles. The molecule has 1 aromatic rings. The molecule has 0 amide bonds. The van der Waals surface area contributed by atoms with Gasteiger partial charge in [-0.3, -0.25) is 0 Å². The fourth-order valence-corrected chi connectivity index (χ4v) is 2.70. The first kappa shape index (κ1) is 13.6. The van der Waals surface area contributed by atoms with Crippen LogP contribution in [0.3, 0.4) is 0 Å². The van der Waals surface area contributed by atoms with Crippen LogP contribution in [0.25, 0.3) is 0 Å². The standard InChI is InChI=1S/C13H20N6/c1-13(4-5-18(2)8-13)9-19(3)12-16-7-10(6-14)11(15)17-12/h7H,4-5,8-9H2,1-3H3,(H2,15,16,17)/t13-/m0/s1. The molecule has 0 saturated carbocycles. The Hall–Kier alpha value is -1.87. The van der Waals surface area contributed by atoms with Crippen molar-refractivity contribution in [2.45, 2.75) is 13.3 Å². The number of hydrogen-bond donors (Lipinski definition) is 1. The number of nitrogen functional groups attached to an aromatic ring is 1. The van der Waals surface area contributed by atoms with Crippen molar-refractivity contribution >= 4 is 11.8 Å². The molecule has 1 atom stereocenters. The van der Waals surface area contributed by atoms with Gasteiger partial charge in [-0.25, -0.2) is 4.98 Å². The molecule has 1 saturated heterocycles. The lowest BCUT2D eigenvalue weighted by Gasteiger charge is -2.29. The number of nitrogens with two attached hydrogens (primary N) is 1. The molecule has 0 spiro atoms. The van der Waals surface area contributed by atoms with Crippen LogP contribution in [0.2, 0.25) is 0 Å². The smallest absolute Gasteiger partial charge is 0.227 e. The number of aromatic nitrogens is 2. The summed E-state index contributed by atoms with van der Waals surface area (Å²) in [4.78, 5) is 12.7. The molecule has 1 aliphatic heterocycles. The lowest BCUT2D eigenvalue weighted by atomic mass is 9.89. The van der Waals surface area contributed by atoms with Gasteiger partial charge in [-0.05, 0) is 25.4 Å². The van der Waals surface area contributed by atoms with Crippen molar-refractivity contribution in [2.75, 3.05) is 44.4 Å². The molecule has 1 aliphatic rings. The lowest BCUT2D eigenvalue weighted by molar-refractivity contribution is 0.314. The van der Waals surface area contributed by atoms with Crippen molar-refractivity contribution < 1.29 is 0 Å². The Kier molecular flexibility index (Phi) is 3.58. The van der Waals surface area contributed by atoms with Crippen molar-refractivity contribution in [1.82, 2.24) is 14.9 Å². The molecule has 0 unspecified atom stereocenters. The van der Waals surface area contributed by atoms with Gasteiger partial charge in [0.05, 0.1) is 6.20 Å². The van der Waals surface area contributed by atoms with Gasteiger partial charge in [0, 0.05) is 20.1 Å². The first-order chi connectivity index (χ1) is 8.93. The van der Waals surface area contributed by atoms with Crippen molar-refractivity contribution in [2.24, 2.45) is 5.41 Å². The average Bonchev–Trinajstić information content (AvgIpc) is 2.68. The molecule has 6 heteroatoms. The van der Waals surface area contributed by atoms with Crippen LogP contribution in [-0.2, 0) is 0 Å². The Morgan fingerprint density at radius 3 is 2.89 bits per heavy atom. The summed E-state index contributed by atoms with van der Waals surface area (Å²) in [6.07, 6.45) is 2.65. The van der Waals surface area contributed by atoms with Crippen LogP contribution in [0.15, 0.2) is 6.20 Å². The van der Waals surface area contributed by atoms with Crippen LogP contribution in [0.1, 0.15) is 18.9 Å². The Balaban J connectivity index is 2.10. The Morgan fingerprint density at radius 1 is 1.63 bits per heavy atom. The van der Waals surface area contributed by atoms with Crippen LogP contribution < -0.4 is 10.6 Å². The van der Waals surface area contributed by atoms with E-state index >= 15 is 0 Å². The van der Waals surface area contributed by atoms with E-state index in [1.807, 2.05) is 18.0 Å². The summed E-state index contributed by atoms with van der Waals surface area (Å²) in [5.41, 5.74) is 6.29. The Bertz CT molecular complexity index is 508. The maximum atomic E-state index is 8.82. The molecule has 0 aliphatic carbocycles. The molecule has 6 nitrogen and oxygen atoms in total. The highest BCUT2D eigenvalue weighted by Gasteiger charge is 2.33. The van der Waals surface area contributed by atoms with Gasteiger partial charge in [-0.1, -0.05) is 6.92 Å².